The van der Waals surface area contributed by atoms with Gasteiger partial charge < -0.3 is 15.0 Å². The van der Waals surface area contributed by atoms with Crippen molar-refractivity contribution in [2.75, 3.05) is 39.9 Å². The van der Waals surface area contributed by atoms with E-state index in [2.05, 4.69) is 47.9 Å². The van der Waals surface area contributed by atoms with Crippen LogP contribution in [-0.4, -0.2) is 44.8 Å². The molecule has 4 heteroatoms. The number of nitrogens with one attached hydrogen (secondary N) is 1. The highest BCUT2D eigenvalue weighted by atomic mass is 32.1. The van der Waals surface area contributed by atoms with Gasteiger partial charge in [0, 0.05) is 31.7 Å². The Bertz CT molecular complexity index is 386. The molecule has 21 heavy (non-hydrogen) atoms. The third-order valence-electron chi connectivity index (χ3n) is 4.09. The maximum absolute atomic E-state index is 5.81. The first-order chi connectivity index (χ1) is 10.1. The van der Waals surface area contributed by atoms with E-state index in [1.54, 1.807) is 11.3 Å². The number of hydrogen-bond acceptors (Lipinski definition) is 4. The molecule has 2 rings (SSSR count). The number of ether oxygens (including phenoxy) is 1. The Balaban J connectivity index is 1.88. The molecule has 1 aliphatic heterocycles. The summed E-state index contributed by atoms with van der Waals surface area (Å²) in [5.41, 5.74) is 1.70. The van der Waals surface area contributed by atoms with Gasteiger partial charge in [0.15, 0.2) is 0 Å². The third kappa shape index (κ3) is 5.70. The molecule has 1 unspecified atom stereocenters. The van der Waals surface area contributed by atoms with Crippen molar-refractivity contribution < 1.29 is 4.74 Å². The Morgan fingerprint density at radius 1 is 1.48 bits per heavy atom. The highest BCUT2D eigenvalue weighted by Crippen LogP contribution is 2.29. The largest absolute Gasteiger partial charge is 0.381 e. The SMILES string of the molecule is CC(C)CNCC1(CN(C)Cc2ccsc2)CCCOC1. The van der Waals surface area contributed by atoms with Gasteiger partial charge >= 0.3 is 0 Å². The lowest BCUT2D eigenvalue weighted by Crippen LogP contribution is -2.48. The van der Waals surface area contributed by atoms with Gasteiger partial charge in [-0.15, -0.1) is 0 Å². The Kier molecular flexibility index (Phi) is 6.68. The normalized spacial score (nSPS) is 23.1. The molecule has 0 aromatic carbocycles. The van der Waals surface area contributed by atoms with Crippen LogP contribution in [0.25, 0.3) is 0 Å². The molecule has 1 aromatic rings. The maximum atomic E-state index is 5.81. The van der Waals surface area contributed by atoms with Crippen molar-refractivity contribution in [1.82, 2.24) is 10.2 Å². The molecule has 2 heterocycles. The first kappa shape index (κ1) is 16.9. The Morgan fingerprint density at radius 3 is 2.95 bits per heavy atom. The molecular weight excluding hydrogens is 280 g/mol. The standard InChI is InChI=1S/C17H30N2OS/c1-15(2)9-18-12-17(6-4-7-20-14-17)13-19(3)10-16-5-8-21-11-16/h5,8,11,15,18H,4,6-7,9-10,12-14H2,1-3H3. The van der Waals surface area contributed by atoms with Crippen molar-refractivity contribution >= 4 is 11.3 Å². The number of rotatable bonds is 8. The van der Waals surface area contributed by atoms with Crippen molar-refractivity contribution in [3.8, 4) is 0 Å². The van der Waals surface area contributed by atoms with Crippen LogP contribution < -0.4 is 5.32 Å². The van der Waals surface area contributed by atoms with Crippen LogP contribution in [0.5, 0.6) is 0 Å². The summed E-state index contributed by atoms with van der Waals surface area (Å²) in [5, 5.41) is 8.06. The van der Waals surface area contributed by atoms with Crippen LogP contribution in [0.4, 0.5) is 0 Å². The van der Waals surface area contributed by atoms with Crippen molar-refractivity contribution in [1.29, 1.82) is 0 Å². The molecule has 0 spiro atoms. The van der Waals surface area contributed by atoms with E-state index < -0.39 is 0 Å². The molecule has 0 saturated carbocycles. The molecule has 1 saturated heterocycles. The first-order valence-corrected chi connectivity index (χ1v) is 9.02. The predicted octanol–water partition coefficient (Wildman–Crippen LogP) is 3.22. The van der Waals surface area contributed by atoms with E-state index in [1.165, 1.54) is 18.4 Å². The lowest BCUT2D eigenvalue weighted by Gasteiger charge is -2.40. The lowest BCUT2D eigenvalue weighted by molar-refractivity contribution is -0.0239. The Labute approximate surface area is 133 Å². The highest BCUT2D eigenvalue weighted by molar-refractivity contribution is 7.07. The van der Waals surface area contributed by atoms with E-state index >= 15 is 0 Å². The molecule has 0 amide bonds. The second-order valence-electron chi connectivity index (χ2n) is 6.98. The van der Waals surface area contributed by atoms with Crippen LogP contribution in [0.1, 0.15) is 32.3 Å². The second-order valence-corrected chi connectivity index (χ2v) is 7.76. The van der Waals surface area contributed by atoms with Gasteiger partial charge in [0.2, 0.25) is 0 Å². The molecule has 120 valence electrons. The fraction of sp³-hybridized carbons (Fsp3) is 0.765. The minimum Gasteiger partial charge on any atom is -0.381 e. The summed E-state index contributed by atoms with van der Waals surface area (Å²) < 4.78 is 5.81. The Hall–Kier alpha value is -0.420. The van der Waals surface area contributed by atoms with Crippen LogP contribution in [0.2, 0.25) is 0 Å². The molecule has 1 atom stereocenters. The summed E-state index contributed by atoms with van der Waals surface area (Å²) in [6.07, 6.45) is 2.46. The smallest absolute Gasteiger partial charge is 0.0546 e. The fourth-order valence-corrected chi connectivity index (χ4v) is 3.84. The molecular formula is C17H30N2OS. The van der Waals surface area contributed by atoms with E-state index in [4.69, 9.17) is 4.74 Å². The summed E-state index contributed by atoms with van der Waals surface area (Å²) >= 11 is 1.78. The summed E-state index contributed by atoms with van der Waals surface area (Å²) in [7, 11) is 2.23. The average molecular weight is 311 g/mol. The van der Waals surface area contributed by atoms with E-state index in [9.17, 15) is 0 Å². The zero-order valence-corrected chi connectivity index (χ0v) is 14.5. The molecule has 1 N–H and O–H groups in total. The predicted molar refractivity (Wildman–Crippen MR) is 90.8 cm³/mol. The van der Waals surface area contributed by atoms with Crippen molar-refractivity contribution in [3.63, 3.8) is 0 Å². The monoisotopic (exact) mass is 310 g/mol. The molecule has 1 aromatic heterocycles. The zero-order valence-electron chi connectivity index (χ0n) is 13.7. The number of thiophene rings is 1. The molecule has 0 aliphatic carbocycles. The molecule has 1 aliphatic rings. The first-order valence-electron chi connectivity index (χ1n) is 8.08. The second kappa shape index (κ2) is 8.28. The van der Waals surface area contributed by atoms with Gasteiger partial charge in [-0.1, -0.05) is 13.8 Å². The quantitative estimate of drug-likeness (QED) is 0.798. The minimum atomic E-state index is 0.276. The van der Waals surface area contributed by atoms with E-state index in [-0.39, 0.29) is 5.41 Å². The zero-order chi connectivity index (χ0) is 15.1. The summed E-state index contributed by atoms with van der Waals surface area (Å²) in [5.74, 6) is 0.704. The number of nitrogens with zero attached hydrogens (tertiary/aromatic N) is 1. The third-order valence-corrected chi connectivity index (χ3v) is 4.83. The highest BCUT2D eigenvalue weighted by Gasteiger charge is 2.33. The molecule has 0 radical (unpaired) electrons. The van der Waals surface area contributed by atoms with Crippen LogP contribution in [0.3, 0.4) is 0 Å². The summed E-state index contributed by atoms with van der Waals surface area (Å²) in [6.45, 7) is 10.7. The van der Waals surface area contributed by atoms with Crippen LogP contribution in [0, 0.1) is 11.3 Å². The van der Waals surface area contributed by atoms with Crippen LogP contribution >= 0.6 is 11.3 Å². The minimum absolute atomic E-state index is 0.276. The topological polar surface area (TPSA) is 24.5 Å². The van der Waals surface area contributed by atoms with Crippen LogP contribution in [-0.2, 0) is 11.3 Å². The van der Waals surface area contributed by atoms with E-state index in [1.807, 2.05) is 0 Å². The maximum Gasteiger partial charge on any atom is 0.0546 e. The van der Waals surface area contributed by atoms with Gasteiger partial charge in [0.05, 0.1) is 6.61 Å². The van der Waals surface area contributed by atoms with Crippen molar-refractivity contribution in [3.05, 3.63) is 22.4 Å². The Morgan fingerprint density at radius 2 is 2.33 bits per heavy atom. The van der Waals surface area contributed by atoms with Crippen molar-refractivity contribution in [2.45, 2.75) is 33.2 Å². The summed E-state index contributed by atoms with van der Waals surface area (Å²) in [6, 6.07) is 2.22. The summed E-state index contributed by atoms with van der Waals surface area (Å²) in [4.78, 5) is 2.45. The van der Waals surface area contributed by atoms with E-state index in [0.717, 1.165) is 39.4 Å². The fourth-order valence-electron chi connectivity index (χ4n) is 3.18. The van der Waals surface area contributed by atoms with Crippen LogP contribution in [0.15, 0.2) is 16.8 Å². The van der Waals surface area contributed by atoms with Crippen molar-refractivity contribution in [2.24, 2.45) is 11.3 Å². The van der Waals surface area contributed by atoms with Gasteiger partial charge in [0.1, 0.15) is 0 Å². The van der Waals surface area contributed by atoms with Gasteiger partial charge in [-0.3, -0.25) is 0 Å². The molecule has 1 fully saturated rings. The van der Waals surface area contributed by atoms with Gasteiger partial charge in [-0.05, 0) is 54.7 Å². The molecule has 0 bridgehead atoms. The average Bonchev–Trinajstić information content (AvgIpc) is 2.91. The van der Waals surface area contributed by atoms with Gasteiger partial charge in [-0.25, -0.2) is 0 Å². The number of hydrogen-bond donors (Lipinski definition) is 1. The lowest BCUT2D eigenvalue weighted by atomic mass is 9.81. The van der Waals surface area contributed by atoms with E-state index in [0.29, 0.717) is 5.92 Å². The van der Waals surface area contributed by atoms with Gasteiger partial charge in [0.25, 0.3) is 0 Å². The van der Waals surface area contributed by atoms with Gasteiger partial charge in [-0.2, -0.15) is 11.3 Å². The molecule has 3 nitrogen and oxygen atoms in total.